The van der Waals surface area contributed by atoms with Crippen molar-refractivity contribution in [3.05, 3.63) is 0 Å². The Hall–Kier alpha value is -0.530. The van der Waals surface area contributed by atoms with Crippen LogP contribution in [-0.4, -0.2) is 11.1 Å². The predicted octanol–water partition coefficient (Wildman–Crippen LogP) is 3.95. The summed E-state index contributed by atoms with van der Waals surface area (Å²) in [5.74, 6) is -0.835. The average molecular weight is 214 g/mol. The van der Waals surface area contributed by atoms with Crippen LogP contribution < -0.4 is 0 Å². The Bertz CT molecular complexity index is 206. The molecule has 0 saturated heterocycles. The molecule has 0 unspecified atom stereocenters. The van der Waals surface area contributed by atoms with E-state index in [4.69, 9.17) is 5.11 Å². The lowest BCUT2D eigenvalue weighted by Gasteiger charge is -2.26. The van der Waals surface area contributed by atoms with E-state index in [1.54, 1.807) is 0 Å². The standard InChI is InChI=1S/C13H26O2/c1-12(2,3)8-7-10(11(14)15)9-13(4,5)6/h10H,7-9H2,1-6H3,(H,14,15)/t10-/m1/s1. The fourth-order valence-corrected chi connectivity index (χ4v) is 1.66. The van der Waals surface area contributed by atoms with Gasteiger partial charge in [-0.05, 0) is 30.1 Å². The molecule has 1 atom stereocenters. The van der Waals surface area contributed by atoms with E-state index in [1.165, 1.54) is 0 Å². The van der Waals surface area contributed by atoms with E-state index in [0.29, 0.717) is 0 Å². The Morgan fingerprint density at radius 2 is 1.53 bits per heavy atom. The van der Waals surface area contributed by atoms with Gasteiger partial charge in [0.2, 0.25) is 0 Å². The summed E-state index contributed by atoms with van der Waals surface area (Å²) in [5.41, 5.74) is 0.326. The normalized spacial score (nSPS) is 15.1. The highest BCUT2D eigenvalue weighted by Crippen LogP contribution is 2.31. The van der Waals surface area contributed by atoms with Gasteiger partial charge in [0.15, 0.2) is 0 Å². The molecule has 90 valence electrons. The molecule has 0 saturated carbocycles. The van der Waals surface area contributed by atoms with Gasteiger partial charge in [-0.15, -0.1) is 0 Å². The van der Waals surface area contributed by atoms with Crippen LogP contribution in [0.5, 0.6) is 0 Å². The molecule has 0 amide bonds. The number of carbonyl (C=O) groups is 1. The summed E-state index contributed by atoms with van der Waals surface area (Å²) in [7, 11) is 0. The second-order valence-corrected chi connectivity index (χ2v) is 6.90. The molecular weight excluding hydrogens is 188 g/mol. The summed E-state index contributed by atoms with van der Waals surface area (Å²) in [5, 5.41) is 9.13. The second kappa shape index (κ2) is 5.00. The van der Waals surface area contributed by atoms with Crippen LogP contribution in [0.3, 0.4) is 0 Å². The van der Waals surface area contributed by atoms with Gasteiger partial charge in [-0.3, -0.25) is 4.79 Å². The van der Waals surface area contributed by atoms with Crippen LogP contribution in [0, 0.1) is 16.7 Å². The molecule has 0 aromatic carbocycles. The molecule has 0 aromatic heterocycles. The Labute approximate surface area is 94.1 Å². The average Bonchev–Trinajstić information content (AvgIpc) is 1.93. The molecule has 0 bridgehead atoms. The van der Waals surface area contributed by atoms with E-state index >= 15 is 0 Å². The van der Waals surface area contributed by atoms with Crippen LogP contribution in [-0.2, 0) is 4.79 Å². The smallest absolute Gasteiger partial charge is 0.306 e. The first-order valence-corrected chi connectivity index (χ1v) is 5.74. The van der Waals surface area contributed by atoms with E-state index in [2.05, 4.69) is 41.5 Å². The molecule has 0 aliphatic rings. The molecule has 2 nitrogen and oxygen atoms in total. The summed E-state index contributed by atoms with van der Waals surface area (Å²) in [6, 6.07) is 0. The summed E-state index contributed by atoms with van der Waals surface area (Å²) in [6.45, 7) is 12.8. The maximum absolute atomic E-state index is 11.1. The van der Waals surface area contributed by atoms with Gasteiger partial charge in [-0.25, -0.2) is 0 Å². The highest BCUT2D eigenvalue weighted by atomic mass is 16.4. The lowest BCUT2D eigenvalue weighted by molar-refractivity contribution is -0.143. The minimum Gasteiger partial charge on any atom is -0.481 e. The summed E-state index contributed by atoms with van der Waals surface area (Å²) >= 11 is 0. The third-order valence-electron chi connectivity index (χ3n) is 2.45. The molecule has 0 radical (unpaired) electrons. The van der Waals surface area contributed by atoms with E-state index < -0.39 is 5.97 Å². The van der Waals surface area contributed by atoms with Crippen LogP contribution in [0.25, 0.3) is 0 Å². The number of hydrogen-bond acceptors (Lipinski definition) is 1. The highest BCUT2D eigenvalue weighted by Gasteiger charge is 2.25. The molecule has 15 heavy (non-hydrogen) atoms. The first-order chi connectivity index (χ1) is 6.51. The van der Waals surface area contributed by atoms with Crippen molar-refractivity contribution in [2.75, 3.05) is 0 Å². The first-order valence-electron chi connectivity index (χ1n) is 5.74. The SMILES string of the molecule is CC(C)(C)CC[C@H](CC(C)(C)C)C(=O)O. The molecule has 1 N–H and O–H groups in total. The molecule has 0 aromatic rings. The monoisotopic (exact) mass is 214 g/mol. The van der Waals surface area contributed by atoms with Crippen LogP contribution in [0.2, 0.25) is 0 Å². The van der Waals surface area contributed by atoms with Gasteiger partial charge in [0.25, 0.3) is 0 Å². The van der Waals surface area contributed by atoms with Crippen LogP contribution >= 0.6 is 0 Å². The fourth-order valence-electron chi connectivity index (χ4n) is 1.66. The quantitative estimate of drug-likeness (QED) is 0.769. The maximum atomic E-state index is 11.1. The third-order valence-corrected chi connectivity index (χ3v) is 2.45. The van der Waals surface area contributed by atoms with Crippen LogP contribution in [0.4, 0.5) is 0 Å². The van der Waals surface area contributed by atoms with Crippen molar-refractivity contribution in [1.82, 2.24) is 0 Å². The first kappa shape index (κ1) is 14.5. The van der Waals surface area contributed by atoms with Crippen molar-refractivity contribution in [3.8, 4) is 0 Å². The van der Waals surface area contributed by atoms with Crippen molar-refractivity contribution < 1.29 is 9.90 Å². The van der Waals surface area contributed by atoms with Gasteiger partial charge in [-0.1, -0.05) is 41.5 Å². The zero-order valence-electron chi connectivity index (χ0n) is 11.1. The van der Waals surface area contributed by atoms with Gasteiger partial charge >= 0.3 is 5.97 Å². The van der Waals surface area contributed by atoms with E-state index in [0.717, 1.165) is 19.3 Å². The number of rotatable bonds is 4. The number of aliphatic carboxylic acids is 1. The van der Waals surface area contributed by atoms with Gasteiger partial charge in [0.1, 0.15) is 0 Å². The molecular formula is C13H26O2. The van der Waals surface area contributed by atoms with Crippen molar-refractivity contribution in [2.45, 2.75) is 60.8 Å². The van der Waals surface area contributed by atoms with Gasteiger partial charge in [-0.2, -0.15) is 0 Å². The minimum absolute atomic E-state index is 0.0982. The zero-order chi connectivity index (χ0) is 12.3. The molecule has 0 spiro atoms. The molecule has 0 rings (SSSR count). The number of hydrogen-bond donors (Lipinski definition) is 1. The molecule has 2 heteroatoms. The van der Waals surface area contributed by atoms with Crippen molar-refractivity contribution >= 4 is 5.97 Å². The highest BCUT2D eigenvalue weighted by molar-refractivity contribution is 5.69. The van der Waals surface area contributed by atoms with Crippen molar-refractivity contribution in [1.29, 1.82) is 0 Å². The second-order valence-electron chi connectivity index (χ2n) is 6.90. The summed E-state index contributed by atoms with van der Waals surface area (Å²) in [6.07, 6.45) is 2.52. The molecule has 0 fully saturated rings. The molecule has 0 heterocycles. The third kappa shape index (κ3) is 8.46. The number of carboxylic acids is 1. The summed E-state index contributed by atoms with van der Waals surface area (Å²) < 4.78 is 0. The van der Waals surface area contributed by atoms with Gasteiger partial charge in [0, 0.05) is 0 Å². The fraction of sp³-hybridized carbons (Fsp3) is 0.923. The van der Waals surface area contributed by atoms with Gasteiger partial charge < -0.3 is 5.11 Å². The number of carboxylic acid groups (broad SMARTS) is 1. The topological polar surface area (TPSA) is 37.3 Å². The Morgan fingerprint density at radius 1 is 1.07 bits per heavy atom. The molecule has 0 aliphatic carbocycles. The van der Waals surface area contributed by atoms with E-state index in [1.807, 2.05) is 0 Å². The van der Waals surface area contributed by atoms with Crippen LogP contribution in [0.15, 0.2) is 0 Å². The zero-order valence-corrected chi connectivity index (χ0v) is 11.1. The van der Waals surface area contributed by atoms with Gasteiger partial charge in [0.05, 0.1) is 5.92 Å². The predicted molar refractivity (Wildman–Crippen MR) is 63.9 cm³/mol. The van der Waals surface area contributed by atoms with Crippen LogP contribution in [0.1, 0.15) is 60.8 Å². The van der Waals surface area contributed by atoms with Crippen molar-refractivity contribution in [3.63, 3.8) is 0 Å². The maximum Gasteiger partial charge on any atom is 0.306 e. The van der Waals surface area contributed by atoms with E-state index in [-0.39, 0.29) is 16.7 Å². The Morgan fingerprint density at radius 3 is 1.80 bits per heavy atom. The summed E-state index contributed by atoms with van der Waals surface area (Å²) in [4.78, 5) is 11.1. The van der Waals surface area contributed by atoms with Crippen molar-refractivity contribution in [2.24, 2.45) is 16.7 Å². The lowest BCUT2D eigenvalue weighted by Crippen LogP contribution is -2.22. The van der Waals surface area contributed by atoms with E-state index in [9.17, 15) is 4.79 Å². The Kier molecular flexibility index (Phi) is 4.82. The Balaban J connectivity index is 4.25. The molecule has 0 aliphatic heterocycles. The minimum atomic E-state index is -0.644. The lowest BCUT2D eigenvalue weighted by atomic mass is 9.79. The largest absolute Gasteiger partial charge is 0.481 e.